The summed E-state index contributed by atoms with van der Waals surface area (Å²) in [7, 11) is 1.70. The number of methoxy groups -OCH3 is 1. The second-order valence-corrected chi connectivity index (χ2v) is 8.59. The lowest BCUT2D eigenvalue weighted by Gasteiger charge is -2.35. The van der Waals surface area contributed by atoms with Crippen LogP contribution in [0.4, 0.5) is 0 Å². The molecule has 0 aliphatic rings. The average Bonchev–Trinajstić information content (AvgIpc) is 2.60. The summed E-state index contributed by atoms with van der Waals surface area (Å²) in [6.07, 6.45) is 6.74. The number of ether oxygens (including phenoxy) is 1. The zero-order valence-electron chi connectivity index (χ0n) is 18.0. The van der Waals surface area contributed by atoms with Crippen molar-refractivity contribution >= 4 is 0 Å². The summed E-state index contributed by atoms with van der Waals surface area (Å²) in [6.45, 7) is 18.1. The molecule has 0 heterocycles. The molecule has 0 fully saturated rings. The fourth-order valence-corrected chi connectivity index (χ4v) is 3.19. The number of benzene rings is 1. The highest BCUT2D eigenvalue weighted by Gasteiger charge is 2.29. The third-order valence-electron chi connectivity index (χ3n) is 5.43. The highest BCUT2D eigenvalue weighted by molar-refractivity contribution is 5.29. The van der Waals surface area contributed by atoms with Gasteiger partial charge in [0.1, 0.15) is 5.75 Å². The third-order valence-corrected chi connectivity index (χ3v) is 5.43. The molecule has 0 bridgehead atoms. The van der Waals surface area contributed by atoms with E-state index in [9.17, 15) is 0 Å². The van der Waals surface area contributed by atoms with Crippen LogP contribution in [0.3, 0.4) is 0 Å². The maximum atomic E-state index is 5.22. The molecule has 0 aliphatic carbocycles. The summed E-state index contributed by atoms with van der Waals surface area (Å²) in [4.78, 5) is 0. The highest BCUT2D eigenvalue weighted by Crippen LogP contribution is 2.37. The van der Waals surface area contributed by atoms with E-state index in [1.165, 1.54) is 30.4 Å². The normalized spacial score (nSPS) is 14.7. The first-order valence-corrected chi connectivity index (χ1v) is 9.93. The topological polar surface area (TPSA) is 21.3 Å². The smallest absolute Gasteiger partial charge is 0.118 e. The van der Waals surface area contributed by atoms with E-state index in [4.69, 9.17) is 4.74 Å². The number of hydrogen-bond donors (Lipinski definition) is 1. The van der Waals surface area contributed by atoms with Crippen molar-refractivity contribution in [2.24, 2.45) is 17.3 Å². The molecule has 0 radical (unpaired) electrons. The summed E-state index contributed by atoms with van der Waals surface area (Å²) in [5.74, 6) is 1.99. The minimum absolute atomic E-state index is 0.283. The van der Waals surface area contributed by atoms with Crippen LogP contribution in [0.1, 0.15) is 66.4 Å². The molecular weight excluding hydrogens is 318 g/mol. The fourth-order valence-electron chi connectivity index (χ4n) is 3.19. The van der Waals surface area contributed by atoms with Crippen LogP contribution >= 0.6 is 0 Å². The summed E-state index contributed by atoms with van der Waals surface area (Å²) >= 11 is 0. The molecule has 1 rings (SSSR count). The Kier molecular flexibility index (Phi) is 8.98. The number of unbranched alkanes of at least 4 members (excludes halogenated alkanes) is 1. The monoisotopic (exact) mass is 357 g/mol. The minimum Gasteiger partial charge on any atom is -0.497 e. The van der Waals surface area contributed by atoms with E-state index in [-0.39, 0.29) is 5.41 Å². The summed E-state index contributed by atoms with van der Waals surface area (Å²) in [5.41, 5.74) is 4.02. The summed E-state index contributed by atoms with van der Waals surface area (Å²) in [6, 6.07) is 8.27. The minimum atomic E-state index is 0.283. The zero-order valence-corrected chi connectivity index (χ0v) is 18.0. The SMILES string of the molecule is C=C(N/C=C(\C)Cc1ccc(OC)cc1)C(CCCC)C(C)C(C)(C)C. The Morgan fingerprint density at radius 2 is 1.85 bits per heavy atom. The molecular formula is C24H39NO. The maximum Gasteiger partial charge on any atom is 0.118 e. The van der Waals surface area contributed by atoms with Crippen molar-refractivity contribution in [3.05, 3.63) is 53.9 Å². The Balaban J connectivity index is 2.72. The van der Waals surface area contributed by atoms with Crippen molar-refractivity contribution in [3.63, 3.8) is 0 Å². The van der Waals surface area contributed by atoms with Gasteiger partial charge in [-0.1, -0.05) is 71.7 Å². The van der Waals surface area contributed by atoms with E-state index in [1.807, 2.05) is 12.1 Å². The van der Waals surface area contributed by atoms with Gasteiger partial charge in [0.25, 0.3) is 0 Å². The van der Waals surface area contributed by atoms with Crippen molar-refractivity contribution in [1.29, 1.82) is 0 Å². The van der Waals surface area contributed by atoms with Gasteiger partial charge >= 0.3 is 0 Å². The van der Waals surface area contributed by atoms with Crippen molar-refractivity contribution in [3.8, 4) is 5.75 Å². The molecule has 1 aromatic rings. The van der Waals surface area contributed by atoms with Gasteiger partial charge in [0, 0.05) is 11.6 Å². The van der Waals surface area contributed by atoms with E-state index < -0.39 is 0 Å². The van der Waals surface area contributed by atoms with Gasteiger partial charge in [0.2, 0.25) is 0 Å². The van der Waals surface area contributed by atoms with Gasteiger partial charge < -0.3 is 10.1 Å². The quantitative estimate of drug-likeness (QED) is 0.501. The second kappa shape index (κ2) is 10.4. The highest BCUT2D eigenvalue weighted by atomic mass is 16.5. The molecule has 1 aromatic carbocycles. The second-order valence-electron chi connectivity index (χ2n) is 8.59. The molecule has 0 saturated heterocycles. The first-order valence-electron chi connectivity index (χ1n) is 9.93. The van der Waals surface area contributed by atoms with Crippen LogP contribution < -0.4 is 10.1 Å². The van der Waals surface area contributed by atoms with Gasteiger partial charge in [-0.3, -0.25) is 0 Å². The predicted molar refractivity (Wildman–Crippen MR) is 114 cm³/mol. The molecule has 0 saturated carbocycles. The molecule has 26 heavy (non-hydrogen) atoms. The van der Waals surface area contributed by atoms with Crippen molar-refractivity contribution in [1.82, 2.24) is 5.32 Å². The Labute approximate surface area is 161 Å². The Morgan fingerprint density at radius 1 is 1.23 bits per heavy atom. The number of rotatable bonds is 10. The molecule has 0 aromatic heterocycles. The van der Waals surface area contributed by atoms with E-state index in [1.54, 1.807) is 7.11 Å². The molecule has 2 nitrogen and oxygen atoms in total. The first-order chi connectivity index (χ1) is 12.2. The van der Waals surface area contributed by atoms with Crippen LogP contribution in [0.2, 0.25) is 0 Å². The van der Waals surface area contributed by atoms with Gasteiger partial charge in [-0.2, -0.15) is 0 Å². The van der Waals surface area contributed by atoms with Crippen molar-refractivity contribution in [2.75, 3.05) is 7.11 Å². The number of allylic oxidation sites excluding steroid dienone is 2. The largest absolute Gasteiger partial charge is 0.497 e. The standard InChI is InChI=1S/C24H39NO/c1-9-10-11-23(19(3)24(5,6)7)20(4)25-17-18(2)16-21-12-14-22(26-8)15-13-21/h12-15,17,19,23,25H,4,9-11,16H2,1-3,5-8H3/b18-17+. The molecule has 2 heteroatoms. The predicted octanol–water partition coefficient (Wildman–Crippen LogP) is 6.73. The summed E-state index contributed by atoms with van der Waals surface area (Å²) < 4.78 is 5.22. The fraction of sp³-hybridized carbons (Fsp3) is 0.583. The van der Waals surface area contributed by atoms with Crippen molar-refractivity contribution in [2.45, 2.75) is 67.2 Å². The van der Waals surface area contributed by atoms with Crippen LogP contribution in [0.25, 0.3) is 0 Å². The van der Waals surface area contributed by atoms with Crippen LogP contribution in [0, 0.1) is 17.3 Å². The van der Waals surface area contributed by atoms with Gasteiger partial charge in [0.15, 0.2) is 0 Å². The molecule has 2 atom stereocenters. The molecule has 0 amide bonds. The number of nitrogens with one attached hydrogen (secondary N) is 1. The maximum absolute atomic E-state index is 5.22. The summed E-state index contributed by atoms with van der Waals surface area (Å²) in [5, 5.41) is 3.51. The van der Waals surface area contributed by atoms with Gasteiger partial charge in [-0.05, 0) is 55.0 Å². The van der Waals surface area contributed by atoms with E-state index in [0.717, 1.165) is 17.9 Å². The zero-order chi connectivity index (χ0) is 19.7. The molecule has 146 valence electrons. The van der Waals surface area contributed by atoms with E-state index in [0.29, 0.717) is 11.8 Å². The van der Waals surface area contributed by atoms with Crippen molar-refractivity contribution < 1.29 is 4.74 Å². The molecule has 1 N–H and O–H groups in total. The molecule has 0 aliphatic heterocycles. The van der Waals surface area contributed by atoms with Gasteiger partial charge in [0.05, 0.1) is 7.11 Å². The van der Waals surface area contributed by atoms with Crippen LogP contribution in [0.15, 0.2) is 48.3 Å². The lowest BCUT2D eigenvalue weighted by molar-refractivity contribution is 0.185. The molecule has 2 unspecified atom stereocenters. The average molecular weight is 358 g/mol. The lowest BCUT2D eigenvalue weighted by Crippen LogP contribution is -2.30. The van der Waals surface area contributed by atoms with Crippen LogP contribution in [0.5, 0.6) is 5.75 Å². The van der Waals surface area contributed by atoms with E-state index in [2.05, 4.69) is 71.8 Å². The Bertz CT molecular complexity index is 577. The molecule has 0 spiro atoms. The Morgan fingerprint density at radius 3 is 2.35 bits per heavy atom. The van der Waals surface area contributed by atoms with Gasteiger partial charge in [-0.25, -0.2) is 0 Å². The first kappa shape index (κ1) is 22.3. The van der Waals surface area contributed by atoms with E-state index >= 15 is 0 Å². The third kappa shape index (κ3) is 7.27. The van der Waals surface area contributed by atoms with Crippen LogP contribution in [-0.4, -0.2) is 7.11 Å². The van der Waals surface area contributed by atoms with Crippen LogP contribution in [-0.2, 0) is 6.42 Å². The van der Waals surface area contributed by atoms with Gasteiger partial charge in [-0.15, -0.1) is 0 Å². The Hall–Kier alpha value is -1.70. The number of hydrogen-bond acceptors (Lipinski definition) is 2. The lowest BCUT2D eigenvalue weighted by atomic mass is 9.71.